The van der Waals surface area contributed by atoms with Gasteiger partial charge in [-0.15, -0.1) is 0 Å². The Balaban J connectivity index is 2.62. The van der Waals surface area contributed by atoms with Crippen molar-refractivity contribution in [3.05, 3.63) is 48.2 Å². The van der Waals surface area contributed by atoms with Gasteiger partial charge in [0.15, 0.2) is 0 Å². The van der Waals surface area contributed by atoms with Gasteiger partial charge in [-0.1, -0.05) is 24.3 Å². The first-order valence-electron chi connectivity index (χ1n) is 4.79. The Morgan fingerprint density at radius 3 is 2.86 bits per heavy atom. The maximum Gasteiger partial charge on any atom is 0.0702 e. The topological polar surface area (TPSA) is 12.9 Å². The van der Waals surface area contributed by atoms with Crippen LogP contribution < -0.4 is 0 Å². The minimum atomic E-state index is 1.06. The highest BCUT2D eigenvalue weighted by molar-refractivity contribution is 5.82. The zero-order valence-electron chi connectivity index (χ0n) is 8.49. The minimum absolute atomic E-state index is 1.06. The molecule has 0 saturated heterocycles. The largest absolute Gasteiger partial charge is 0.256 e. The molecule has 2 aromatic rings. The van der Waals surface area contributed by atoms with Gasteiger partial charge in [-0.05, 0) is 37.1 Å². The van der Waals surface area contributed by atoms with Gasteiger partial charge in [0.2, 0.25) is 0 Å². The number of hydrogen-bond donors (Lipinski definition) is 0. The lowest BCUT2D eigenvalue weighted by Crippen LogP contribution is -1.83. The van der Waals surface area contributed by atoms with Crippen molar-refractivity contribution in [2.24, 2.45) is 0 Å². The number of fused-ring (bicyclic) bond motifs is 1. The molecule has 0 saturated carbocycles. The summed E-state index contributed by atoms with van der Waals surface area (Å²) < 4.78 is 0. The van der Waals surface area contributed by atoms with Gasteiger partial charge in [0.25, 0.3) is 0 Å². The molecule has 0 fully saturated rings. The molecule has 0 aliphatic rings. The molecular weight excluding hydrogens is 170 g/mol. The molecule has 0 N–H and O–H groups in total. The summed E-state index contributed by atoms with van der Waals surface area (Å²) >= 11 is 0. The predicted octanol–water partition coefficient (Wildman–Crippen LogP) is 3.66. The molecule has 0 spiro atoms. The molecule has 1 aromatic carbocycles. The van der Waals surface area contributed by atoms with Gasteiger partial charge in [-0.25, -0.2) is 0 Å². The normalized spacial score (nSPS) is 12.0. The smallest absolute Gasteiger partial charge is 0.0702 e. The quantitative estimate of drug-likeness (QED) is 0.657. The van der Waals surface area contributed by atoms with E-state index >= 15 is 0 Å². The van der Waals surface area contributed by atoms with Crippen molar-refractivity contribution >= 4 is 16.5 Å². The van der Waals surface area contributed by atoms with Crippen molar-refractivity contribution in [3.8, 4) is 0 Å². The van der Waals surface area contributed by atoms with E-state index < -0.39 is 0 Å². The summed E-state index contributed by atoms with van der Waals surface area (Å²) in [4.78, 5) is 4.41. The number of para-hydroxylation sites is 1. The second-order valence-corrected chi connectivity index (χ2v) is 3.39. The summed E-state index contributed by atoms with van der Waals surface area (Å²) in [5, 5.41) is 1.20. The van der Waals surface area contributed by atoms with Gasteiger partial charge in [0.1, 0.15) is 0 Å². The van der Waals surface area contributed by atoms with Crippen LogP contribution in [0.2, 0.25) is 0 Å². The lowest BCUT2D eigenvalue weighted by Gasteiger charge is -2.02. The molecule has 1 aromatic heterocycles. The molecule has 0 atom stereocenters. The molecule has 1 heteroatoms. The highest BCUT2D eigenvalue weighted by Crippen LogP contribution is 2.18. The molecule has 14 heavy (non-hydrogen) atoms. The van der Waals surface area contributed by atoms with E-state index in [1.807, 2.05) is 31.3 Å². The minimum Gasteiger partial charge on any atom is -0.256 e. The third-order valence-electron chi connectivity index (χ3n) is 2.48. The second kappa shape index (κ2) is 3.62. The molecule has 0 aliphatic heterocycles. The molecule has 2 rings (SSSR count). The number of allylic oxidation sites excluding steroid dienone is 2. The third-order valence-corrected chi connectivity index (χ3v) is 2.48. The second-order valence-electron chi connectivity index (χ2n) is 3.39. The third kappa shape index (κ3) is 1.53. The molecule has 1 heterocycles. The van der Waals surface area contributed by atoms with Gasteiger partial charge in [0, 0.05) is 11.6 Å². The number of benzene rings is 1. The van der Waals surface area contributed by atoms with E-state index in [1.165, 1.54) is 16.5 Å². The molecule has 0 bridgehead atoms. The lowest BCUT2D eigenvalue weighted by molar-refractivity contribution is 1.38. The maximum atomic E-state index is 4.41. The predicted molar refractivity (Wildman–Crippen MR) is 61.1 cm³/mol. The number of aromatic nitrogens is 1. The van der Waals surface area contributed by atoms with E-state index in [2.05, 4.69) is 30.1 Å². The monoisotopic (exact) mass is 183 g/mol. The zero-order valence-corrected chi connectivity index (χ0v) is 8.49. The van der Waals surface area contributed by atoms with Crippen LogP contribution in [-0.4, -0.2) is 4.98 Å². The first-order chi connectivity index (χ1) is 6.81. The first-order valence-corrected chi connectivity index (χ1v) is 4.79. The summed E-state index contributed by atoms with van der Waals surface area (Å²) in [7, 11) is 0. The van der Waals surface area contributed by atoms with E-state index in [9.17, 15) is 0 Å². The molecular formula is C13H13N. The molecule has 0 amide bonds. The fourth-order valence-electron chi connectivity index (χ4n) is 1.45. The molecule has 70 valence electrons. The number of hydrogen-bond acceptors (Lipinski definition) is 1. The highest BCUT2D eigenvalue weighted by Gasteiger charge is 1.97. The number of pyridine rings is 1. The Morgan fingerprint density at radius 2 is 2.07 bits per heavy atom. The summed E-state index contributed by atoms with van der Waals surface area (Å²) in [6, 6.07) is 10.4. The van der Waals surface area contributed by atoms with Crippen molar-refractivity contribution in [2.45, 2.75) is 13.8 Å². The van der Waals surface area contributed by atoms with Crippen LogP contribution in [0.25, 0.3) is 16.5 Å². The van der Waals surface area contributed by atoms with Crippen LogP contribution in [0.4, 0.5) is 0 Å². The Kier molecular flexibility index (Phi) is 2.32. The zero-order chi connectivity index (χ0) is 9.97. The summed E-state index contributed by atoms with van der Waals surface area (Å²) in [5.41, 5.74) is 3.52. The number of nitrogens with zero attached hydrogens (tertiary/aromatic N) is 1. The Morgan fingerprint density at radius 1 is 1.29 bits per heavy atom. The van der Waals surface area contributed by atoms with Crippen molar-refractivity contribution in [3.63, 3.8) is 0 Å². The van der Waals surface area contributed by atoms with Crippen LogP contribution >= 0.6 is 0 Å². The molecule has 0 unspecified atom stereocenters. The Hall–Kier alpha value is -1.63. The van der Waals surface area contributed by atoms with Crippen LogP contribution in [0.3, 0.4) is 0 Å². The molecule has 1 nitrogen and oxygen atoms in total. The maximum absolute atomic E-state index is 4.41. The van der Waals surface area contributed by atoms with Gasteiger partial charge in [-0.2, -0.15) is 0 Å². The van der Waals surface area contributed by atoms with Crippen LogP contribution in [-0.2, 0) is 0 Å². The first kappa shape index (κ1) is 8.95. The van der Waals surface area contributed by atoms with Gasteiger partial charge in [-0.3, -0.25) is 4.98 Å². The lowest BCUT2D eigenvalue weighted by atomic mass is 10.1. The van der Waals surface area contributed by atoms with Crippen LogP contribution in [0, 0.1) is 0 Å². The van der Waals surface area contributed by atoms with E-state index in [-0.39, 0.29) is 0 Å². The fraction of sp³-hybridized carbons (Fsp3) is 0.154. The van der Waals surface area contributed by atoms with Crippen molar-refractivity contribution < 1.29 is 0 Å². The SMILES string of the molecule is C/C=C(\C)c1cnc2ccccc2c1. The van der Waals surface area contributed by atoms with Crippen LogP contribution in [0.15, 0.2) is 42.6 Å². The van der Waals surface area contributed by atoms with Gasteiger partial charge in [0.05, 0.1) is 5.52 Å². The van der Waals surface area contributed by atoms with E-state index in [1.54, 1.807) is 0 Å². The fourth-order valence-corrected chi connectivity index (χ4v) is 1.45. The summed E-state index contributed by atoms with van der Waals surface area (Å²) in [6.45, 7) is 4.15. The standard InChI is InChI=1S/C13H13N/c1-3-10(2)12-8-11-6-4-5-7-13(11)14-9-12/h3-9H,1-2H3/b10-3+. The molecule has 0 aliphatic carbocycles. The Bertz CT molecular complexity index is 483. The number of rotatable bonds is 1. The average Bonchev–Trinajstić information content (AvgIpc) is 2.27. The summed E-state index contributed by atoms with van der Waals surface area (Å²) in [6.07, 6.45) is 4.03. The summed E-state index contributed by atoms with van der Waals surface area (Å²) in [5.74, 6) is 0. The van der Waals surface area contributed by atoms with Crippen LogP contribution in [0.1, 0.15) is 19.4 Å². The van der Waals surface area contributed by atoms with Crippen molar-refractivity contribution in [1.82, 2.24) is 4.98 Å². The van der Waals surface area contributed by atoms with E-state index in [4.69, 9.17) is 0 Å². The van der Waals surface area contributed by atoms with Crippen LogP contribution in [0.5, 0.6) is 0 Å². The Labute approximate surface area is 84.1 Å². The average molecular weight is 183 g/mol. The van der Waals surface area contributed by atoms with E-state index in [0.29, 0.717) is 0 Å². The van der Waals surface area contributed by atoms with E-state index in [0.717, 1.165) is 5.52 Å². The van der Waals surface area contributed by atoms with Gasteiger partial charge < -0.3 is 0 Å². The van der Waals surface area contributed by atoms with Crippen molar-refractivity contribution in [2.75, 3.05) is 0 Å². The molecule has 0 radical (unpaired) electrons. The van der Waals surface area contributed by atoms with Gasteiger partial charge >= 0.3 is 0 Å². The highest BCUT2D eigenvalue weighted by atomic mass is 14.6. The van der Waals surface area contributed by atoms with Crippen molar-refractivity contribution in [1.29, 1.82) is 0 Å².